The number of carbonyl (C=O) groups excluding carboxylic acids is 1. The van der Waals surface area contributed by atoms with Gasteiger partial charge in [-0.2, -0.15) is 0 Å². The van der Waals surface area contributed by atoms with Gasteiger partial charge in [0.1, 0.15) is 11.8 Å². The van der Waals surface area contributed by atoms with Gasteiger partial charge >= 0.3 is 0 Å². The molecule has 2 fully saturated rings. The minimum absolute atomic E-state index is 0.178. The summed E-state index contributed by atoms with van der Waals surface area (Å²) in [6.45, 7) is 8.33. The van der Waals surface area contributed by atoms with Crippen molar-refractivity contribution in [2.75, 3.05) is 52.9 Å². The van der Waals surface area contributed by atoms with E-state index < -0.39 is 0 Å². The van der Waals surface area contributed by atoms with Crippen LogP contribution in [0.25, 0.3) is 0 Å². The Hall–Kier alpha value is -1.37. The molecule has 3 heterocycles. The van der Waals surface area contributed by atoms with Crippen LogP contribution < -0.4 is 5.32 Å². The Labute approximate surface area is 132 Å². The summed E-state index contributed by atoms with van der Waals surface area (Å²) in [6, 6.07) is 3.82. The maximum atomic E-state index is 13.1. The van der Waals surface area contributed by atoms with E-state index in [9.17, 15) is 4.79 Å². The van der Waals surface area contributed by atoms with Crippen LogP contribution in [0.15, 0.2) is 22.8 Å². The van der Waals surface area contributed by atoms with Crippen molar-refractivity contribution in [2.24, 2.45) is 0 Å². The van der Waals surface area contributed by atoms with Crippen molar-refractivity contribution in [3.8, 4) is 0 Å². The van der Waals surface area contributed by atoms with Crippen LogP contribution in [0.2, 0.25) is 0 Å². The monoisotopic (exact) mass is 306 g/mol. The van der Waals surface area contributed by atoms with Crippen LogP contribution in [0.3, 0.4) is 0 Å². The van der Waals surface area contributed by atoms with Crippen molar-refractivity contribution >= 4 is 5.91 Å². The molecule has 0 radical (unpaired) electrons. The second-order valence-corrected chi connectivity index (χ2v) is 6.34. The fourth-order valence-electron chi connectivity index (χ4n) is 3.31. The summed E-state index contributed by atoms with van der Waals surface area (Å²) in [7, 11) is 2.10. The Morgan fingerprint density at radius 1 is 1.32 bits per heavy atom. The van der Waals surface area contributed by atoms with E-state index in [4.69, 9.17) is 4.42 Å². The van der Waals surface area contributed by atoms with Gasteiger partial charge in [-0.3, -0.25) is 9.69 Å². The van der Waals surface area contributed by atoms with Crippen LogP contribution in [0.1, 0.15) is 18.7 Å². The molecule has 2 unspecified atom stereocenters. The van der Waals surface area contributed by atoms with Crippen LogP contribution in [0.5, 0.6) is 0 Å². The normalized spacial score (nSPS) is 26.1. The zero-order chi connectivity index (χ0) is 15.5. The summed E-state index contributed by atoms with van der Waals surface area (Å²) in [5, 5.41) is 3.39. The average Bonchev–Trinajstić information content (AvgIpc) is 3.04. The predicted octanol–water partition coefficient (Wildman–Crippen LogP) is 0.388. The highest BCUT2D eigenvalue weighted by Gasteiger charge is 2.37. The molecule has 0 saturated carbocycles. The number of carbonyl (C=O) groups is 1. The molecule has 2 atom stereocenters. The van der Waals surface area contributed by atoms with Gasteiger partial charge in [0.15, 0.2) is 0 Å². The van der Waals surface area contributed by atoms with Crippen molar-refractivity contribution in [1.82, 2.24) is 20.0 Å². The first-order chi connectivity index (χ1) is 10.7. The van der Waals surface area contributed by atoms with Crippen LogP contribution in [-0.4, -0.2) is 79.5 Å². The summed E-state index contributed by atoms with van der Waals surface area (Å²) in [4.78, 5) is 19.7. The Kier molecular flexibility index (Phi) is 4.81. The summed E-state index contributed by atoms with van der Waals surface area (Å²) in [6.07, 6.45) is 1.66. The van der Waals surface area contributed by atoms with Crippen molar-refractivity contribution < 1.29 is 9.21 Å². The lowest BCUT2D eigenvalue weighted by Gasteiger charge is -2.41. The van der Waals surface area contributed by atoms with Gasteiger partial charge in [-0.15, -0.1) is 0 Å². The lowest BCUT2D eigenvalue weighted by Crippen LogP contribution is -2.56. The Balaban J connectivity index is 1.80. The van der Waals surface area contributed by atoms with E-state index in [2.05, 4.69) is 29.1 Å². The number of piperazine rings is 2. The second-order valence-electron chi connectivity index (χ2n) is 6.34. The number of amides is 1. The van der Waals surface area contributed by atoms with Crippen molar-refractivity contribution in [2.45, 2.75) is 19.0 Å². The molecular weight excluding hydrogens is 280 g/mol. The number of nitrogens with one attached hydrogen (secondary N) is 1. The molecule has 6 nitrogen and oxygen atoms in total. The molecule has 0 bridgehead atoms. The number of rotatable bonds is 3. The van der Waals surface area contributed by atoms with Crippen molar-refractivity contribution in [1.29, 1.82) is 0 Å². The average molecular weight is 306 g/mol. The van der Waals surface area contributed by atoms with Crippen molar-refractivity contribution in [3.63, 3.8) is 0 Å². The maximum absolute atomic E-state index is 13.1. The molecule has 2 saturated heterocycles. The number of hydrogen-bond donors (Lipinski definition) is 1. The van der Waals surface area contributed by atoms with Crippen molar-refractivity contribution in [3.05, 3.63) is 24.2 Å². The topological polar surface area (TPSA) is 52.0 Å². The highest BCUT2D eigenvalue weighted by atomic mass is 16.3. The third kappa shape index (κ3) is 3.19. The summed E-state index contributed by atoms with van der Waals surface area (Å²) < 4.78 is 5.61. The van der Waals surface area contributed by atoms with E-state index >= 15 is 0 Å². The fraction of sp³-hybridized carbons (Fsp3) is 0.688. The first-order valence-electron chi connectivity index (χ1n) is 8.14. The van der Waals surface area contributed by atoms with Gasteiger partial charge in [0.25, 0.3) is 0 Å². The summed E-state index contributed by atoms with van der Waals surface area (Å²) in [5.74, 6) is 0.939. The molecule has 0 aromatic carbocycles. The van der Waals surface area contributed by atoms with E-state index in [1.54, 1.807) is 6.26 Å². The van der Waals surface area contributed by atoms with E-state index in [1.807, 2.05) is 17.0 Å². The number of nitrogens with zero attached hydrogens (tertiary/aromatic N) is 3. The largest absolute Gasteiger partial charge is 0.467 e. The zero-order valence-corrected chi connectivity index (χ0v) is 13.5. The molecule has 2 aliphatic heterocycles. The number of likely N-dealkylation sites (N-methyl/N-ethyl adjacent to an activating group) is 1. The molecule has 1 N–H and O–H groups in total. The fourth-order valence-corrected chi connectivity index (χ4v) is 3.31. The molecule has 122 valence electrons. The van der Waals surface area contributed by atoms with Gasteiger partial charge in [-0.1, -0.05) is 0 Å². The molecule has 22 heavy (non-hydrogen) atoms. The van der Waals surface area contributed by atoms with Gasteiger partial charge in [0.05, 0.1) is 6.26 Å². The molecule has 3 rings (SSSR count). The minimum atomic E-state index is -0.296. The lowest BCUT2D eigenvalue weighted by molar-refractivity contribution is -0.141. The predicted molar refractivity (Wildman–Crippen MR) is 84.6 cm³/mol. The first kappa shape index (κ1) is 15.5. The molecule has 6 heteroatoms. The molecule has 1 amide bonds. The first-order valence-corrected chi connectivity index (χ1v) is 8.14. The third-order valence-electron chi connectivity index (χ3n) is 4.75. The van der Waals surface area contributed by atoms with Gasteiger partial charge < -0.3 is 19.5 Å². The van der Waals surface area contributed by atoms with E-state index in [0.717, 1.165) is 51.6 Å². The number of furan rings is 1. The van der Waals surface area contributed by atoms with Crippen LogP contribution in [0, 0.1) is 0 Å². The molecule has 0 aliphatic carbocycles. The van der Waals surface area contributed by atoms with Gasteiger partial charge in [0.2, 0.25) is 5.91 Å². The SMILES string of the molecule is CC1CNCCN1C(C(=O)N1CCN(C)CC1)c1ccco1. The third-order valence-corrected chi connectivity index (χ3v) is 4.75. The molecule has 0 spiro atoms. The van der Waals surface area contributed by atoms with Crippen LogP contribution in [-0.2, 0) is 4.79 Å². The smallest absolute Gasteiger partial charge is 0.247 e. The van der Waals surface area contributed by atoms with E-state index in [1.165, 1.54) is 0 Å². The van der Waals surface area contributed by atoms with Gasteiger partial charge in [-0.25, -0.2) is 0 Å². The Morgan fingerprint density at radius 2 is 2.09 bits per heavy atom. The van der Waals surface area contributed by atoms with Gasteiger partial charge in [0, 0.05) is 51.9 Å². The summed E-state index contributed by atoms with van der Waals surface area (Å²) >= 11 is 0. The molecule has 2 aliphatic rings. The molecule has 1 aromatic rings. The molecule has 1 aromatic heterocycles. The second kappa shape index (κ2) is 6.81. The highest BCUT2D eigenvalue weighted by Crippen LogP contribution is 2.27. The lowest BCUT2D eigenvalue weighted by atomic mass is 10.1. The highest BCUT2D eigenvalue weighted by molar-refractivity contribution is 5.83. The Bertz CT molecular complexity index is 482. The van der Waals surface area contributed by atoms with E-state index in [-0.39, 0.29) is 11.9 Å². The van der Waals surface area contributed by atoms with Gasteiger partial charge in [-0.05, 0) is 26.1 Å². The van der Waals surface area contributed by atoms with E-state index in [0.29, 0.717) is 6.04 Å². The van der Waals surface area contributed by atoms with Crippen LogP contribution >= 0.6 is 0 Å². The quantitative estimate of drug-likeness (QED) is 0.875. The zero-order valence-electron chi connectivity index (χ0n) is 13.5. The summed E-state index contributed by atoms with van der Waals surface area (Å²) in [5.41, 5.74) is 0. The van der Waals surface area contributed by atoms with Crippen LogP contribution in [0.4, 0.5) is 0 Å². The Morgan fingerprint density at radius 3 is 2.73 bits per heavy atom. The number of hydrogen-bond acceptors (Lipinski definition) is 5. The maximum Gasteiger partial charge on any atom is 0.247 e. The standard InChI is InChI=1S/C16H26N4O2/c1-13-12-17-5-6-20(13)15(14-4-3-11-22-14)16(21)19-9-7-18(2)8-10-19/h3-4,11,13,15,17H,5-10,12H2,1-2H3. The molecular formula is C16H26N4O2. The minimum Gasteiger partial charge on any atom is -0.467 e.